The summed E-state index contributed by atoms with van der Waals surface area (Å²) in [5.74, 6) is -1.58. The summed E-state index contributed by atoms with van der Waals surface area (Å²) in [4.78, 5) is 0. The molecule has 1 aliphatic carbocycles. The second kappa shape index (κ2) is 5.53. The molecule has 0 bridgehead atoms. The fourth-order valence-electron chi connectivity index (χ4n) is 2.32. The standard InChI is InChI=1S/C13H13ClF2N2/c14-10-5-9(15)6-11(16)13(10)18-12-4-2-1-3-8(12)7-17/h5-6,8,12,18H,1-4H2. The second-order valence-electron chi connectivity index (χ2n) is 4.52. The Morgan fingerprint density at radius 3 is 2.67 bits per heavy atom. The third-order valence-corrected chi connectivity index (χ3v) is 3.57. The van der Waals surface area contributed by atoms with Gasteiger partial charge in [-0.05, 0) is 18.9 Å². The smallest absolute Gasteiger partial charge is 0.150 e. The Kier molecular flexibility index (Phi) is 4.03. The lowest BCUT2D eigenvalue weighted by Gasteiger charge is -2.28. The lowest BCUT2D eigenvalue weighted by molar-refractivity contribution is 0.387. The van der Waals surface area contributed by atoms with Crippen LogP contribution < -0.4 is 5.32 Å². The van der Waals surface area contributed by atoms with Gasteiger partial charge < -0.3 is 5.32 Å². The molecule has 1 fully saturated rings. The van der Waals surface area contributed by atoms with Crippen LogP contribution in [0.5, 0.6) is 0 Å². The highest BCUT2D eigenvalue weighted by Crippen LogP contribution is 2.32. The molecule has 0 amide bonds. The van der Waals surface area contributed by atoms with E-state index in [1.807, 2.05) is 0 Å². The van der Waals surface area contributed by atoms with E-state index < -0.39 is 11.6 Å². The quantitative estimate of drug-likeness (QED) is 0.878. The average molecular weight is 271 g/mol. The number of halogens is 3. The number of nitrogens with one attached hydrogen (secondary N) is 1. The van der Waals surface area contributed by atoms with E-state index in [0.29, 0.717) is 0 Å². The molecule has 0 aromatic heterocycles. The summed E-state index contributed by atoms with van der Waals surface area (Å²) in [6.07, 6.45) is 3.60. The van der Waals surface area contributed by atoms with Crippen LogP contribution in [0.3, 0.4) is 0 Å². The summed E-state index contributed by atoms with van der Waals surface area (Å²) in [7, 11) is 0. The summed E-state index contributed by atoms with van der Waals surface area (Å²) < 4.78 is 26.6. The van der Waals surface area contributed by atoms with Crippen molar-refractivity contribution >= 4 is 17.3 Å². The highest BCUT2D eigenvalue weighted by Gasteiger charge is 2.26. The van der Waals surface area contributed by atoms with Gasteiger partial charge in [-0.2, -0.15) is 5.26 Å². The van der Waals surface area contributed by atoms with Crippen molar-refractivity contribution in [3.05, 3.63) is 28.8 Å². The molecular formula is C13H13ClF2N2. The molecule has 2 unspecified atom stereocenters. The van der Waals surface area contributed by atoms with Crippen molar-refractivity contribution in [3.8, 4) is 6.07 Å². The Hall–Kier alpha value is -1.34. The van der Waals surface area contributed by atoms with Gasteiger partial charge in [-0.25, -0.2) is 8.78 Å². The van der Waals surface area contributed by atoms with E-state index in [9.17, 15) is 8.78 Å². The molecule has 0 aliphatic heterocycles. The topological polar surface area (TPSA) is 35.8 Å². The molecular weight excluding hydrogens is 258 g/mol. The molecule has 1 N–H and O–H groups in total. The molecule has 96 valence electrons. The molecule has 0 spiro atoms. The molecule has 1 saturated carbocycles. The Bertz CT molecular complexity index is 461. The number of rotatable bonds is 2. The van der Waals surface area contributed by atoms with Crippen LogP contribution in [0.1, 0.15) is 25.7 Å². The number of hydrogen-bond acceptors (Lipinski definition) is 2. The van der Waals surface area contributed by atoms with Gasteiger partial charge in [0.2, 0.25) is 0 Å². The number of anilines is 1. The van der Waals surface area contributed by atoms with E-state index in [2.05, 4.69) is 11.4 Å². The SMILES string of the molecule is N#CC1CCCCC1Nc1c(F)cc(F)cc1Cl. The van der Waals surface area contributed by atoms with Gasteiger partial charge in [0.15, 0.2) is 5.82 Å². The zero-order valence-electron chi connectivity index (χ0n) is 9.72. The molecule has 1 aromatic carbocycles. The number of benzene rings is 1. The maximum Gasteiger partial charge on any atom is 0.150 e. The first-order chi connectivity index (χ1) is 8.61. The molecule has 0 saturated heterocycles. The second-order valence-corrected chi connectivity index (χ2v) is 4.92. The van der Waals surface area contributed by atoms with Crippen LogP contribution in [0.25, 0.3) is 0 Å². The van der Waals surface area contributed by atoms with E-state index >= 15 is 0 Å². The summed E-state index contributed by atoms with van der Waals surface area (Å²) in [6, 6.07) is 3.96. The van der Waals surface area contributed by atoms with Gasteiger partial charge in [-0.1, -0.05) is 24.4 Å². The lowest BCUT2D eigenvalue weighted by Crippen LogP contribution is -2.31. The van der Waals surface area contributed by atoms with E-state index in [0.717, 1.165) is 37.8 Å². The van der Waals surface area contributed by atoms with E-state index in [1.54, 1.807) is 0 Å². The number of hydrogen-bond donors (Lipinski definition) is 1. The first kappa shape index (κ1) is 13.1. The summed E-state index contributed by atoms with van der Waals surface area (Å²) >= 11 is 5.82. The average Bonchev–Trinajstić information content (AvgIpc) is 2.34. The first-order valence-corrected chi connectivity index (χ1v) is 6.30. The summed E-state index contributed by atoms with van der Waals surface area (Å²) in [6.45, 7) is 0. The Balaban J connectivity index is 2.21. The molecule has 0 heterocycles. The summed E-state index contributed by atoms with van der Waals surface area (Å²) in [5.41, 5.74) is 0.0882. The van der Waals surface area contributed by atoms with Crippen LogP contribution >= 0.6 is 11.6 Å². The van der Waals surface area contributed by atoms with Crippen molar-refractivity contribution in [1.29, 1.82) is 5.26 Å². The third kappa shape index (κ3) is 2.73. The Morgan fingerprint density at radius 1 is 1.28 bits per heavy atom. The van der Waals surface area contributed by atoms with Crippen molar-refractivity contribution in [2.45, 2.75) is 31.7 Å². The van der Waals surface area contributed by atoms with E-state index in [1.165, 1.54) is 0 Å². The van der Waals surface area contributed by atoms with Crippen LogP contribution in [-0.4, -0.2) is 6.04 Å². The molecule has 0 radical (unpaired) electrons. The van der Waals surface area contributed by atoms with Crippen molar-refractivity contribution in [3.63, 3.8) is 0 Å². The maximum atomic E-state index is 13.6. The normalized spacial score (nSPS) is 23.4. The van der Waals surface area contributed by atoms with Crippen molar-refractivity contribution in [2.24, 2.45) is 5.92 Å². The van der Waals surface area contributed by atoms with Gasteiger partial charge in [-0.15, -0.1) is 0 Å². The summed E-state index contributed by atoms with van der Waals surface area (Å²) in [5, 5.41) is 12.0. The number of nitrogens with zero attached hydrogens (tertiary/aromatic N) is 1. The predicted octanol–water partition coefficient (Wildman–Crippen LogP) is 4.11. The highest BCUT2D eigenvalue weighted by atomic mass is 35.5. The van der Waals surface area contributed by atoms with Crippen LogP contribution in [-0.2, 0) is 0 Å². The minimum atomic E-state index is -0.720. The van der Waals surface area contributed by atoms with Gasteiger partial charge >= 0.3 is 0 Å². The Morgan fingerprint density at radius 2 is 2.00 bits per heavy atom. The monoisotopic (exact) mass is 270 g/mol. The fourth-order valence-corrected chi connectivity index (χ4v) is 2.57. The van der Waals surface area contributed by atoms with Crippen LogP contribution in [0, 0.1) is 28.9 Å². The molecule has 1 aliphatic rings. The maximum absolute atomic E-state index is 13.6. The highest BCUT2D eigenvalue weighted by molar-refractivity contribution is 6.33. The van der Waals surface area contributed by atoms with E-state index in [4.69, 9.17) is 16.9 Å². The van der Waals surface area contributed by atoms with Crippen LogP contribution in [0.4, 0.5) is 14.5 Å². The van der Waals surface area contributed by atoms with Crippen LogP contribution in [0.2, 0.25) is 5.02 Å². The van der Waals surface area contributed by atoms with Crippen molar-refractivity contribution in [1.82, 2.24) is 0 Å². The molecule has 2 atom stereocenters. The van der Waals surface area contributed by atoms with Crippen molar-refractivity contribution in [2.75, 3.05) is 5.32 Å². The van der Waals surface area contributed by atoms with Gasteiger partial charge in [0.25, 0.3) is 0 Å². The first-order valence-electron chi connectivity index (χ1n) is 5.92. The van der Waals surface area contributed by atoms with E-state index in [-0.39, 0.29) is 22.7 Å². The molecule has 5 heteroatoms. The zero-order valence-corrected chi connectivity index (χ0v) is 10.5. The van der Waals surface area contributed by atoms with Crippen molar-refractivity contribution < 1.29 is 8.78 Å². The number of nitriles is 1. The molecule has 1 aromatic rings. The molecule has 18 heavy (non-hydrogen) atoms. The third-order valence-electron chi connectivity index (χ3n) is 3.27. The minimum absolute atomic E-state index is 0.00904. The van der Waals surface area contributed by atoms with Crippen LogP contribution in [0.15, 0.2) is 12.1 Å². The lowest BCUT2D eigenvalue weighted by atomic mass is 9.85. The minimum Gasteiger partial charge on any atom is -0.377 e. The molecule has 2 nitrogen and oxygen atoms in total. The van der Waals surface area contributed by atoms with Gasteiger partial charge in [0.1, 0.15) is 5.82 Å². The zero-order chi connectivity index (χ0) is 13.1. The van der Waals surface area contributed by atoms with Gasteiger partial charge in [0.05, 0.1) is 22.7 Å². The Labute approximate surface area is 110 Å². The molecule has 2 rings (SSSR count). The fraction of sp³-hybridized carbons (Fsp3) is 0.462. The largest absolute Gasteiger partial charge is 0.377 e. The van der Waals surface area contributed by atoms with Gasteiger partial charge in [0, 0.05) is 12.1 Å². The predicted molar refractivity (Wildman–Crippen MR) is 66.3 cm³/mol. The van der Waals surface area contributed by atoms with Gasteiger partial charge in [-0.3, -0.25) is 0 Å².